The van der Waals surface area contributed by atoms with Gasteiger partial charge < -0.3 is 14.0 Å². The second-order valence-electron chi connectivity index (χ2n) is 6.51. The zero-order chi connectivity index (χ0) is 16.3. The highest BCUT2D eigenvalue weighted by molar-refractivity contribution is 9.10. The molecular formula is C16H22BrNO3Si. The van der Waals surface area contributed by atoms with Crippen LogP contribution in [-0.2, 0) is 16.2 Å². The van der Waals surface area contributed by atoms with Crippen molar-refractivity contribution in [1.82, 2.24) is 4.57 Å². The van der Waals surface area contributed by atoms with Crippen LogP contribution in [0.15, 0.2) is 28.9 Å². The molecule has 1 aromatic heterocycles. The van der Waals surface area contributed by atoms with Crippen LogP contribution in [0.4, 0.5) is 0 Å². The van der Waals surface area contributed by atoms with E-state index in [1.54, 1.807) is 6.20 Å². The zero-order valence-electron chi connectivity index (χ0n) is 13.5. The van der Waals surface area contributed by atoms with Gasteiger partial charge in [0.05, 0.1) is 18.2 Å². The van der Waals surface area contributed by atoms with E-state index in [1.807, 2.05) is 22.8 Å². The number of rotatable bonds is 6. The van der Waals surface area contributed by atoms with E-state index >= 15 is 0 Å². The molecule has 0 bridgehead atoms. The highest BCUT2D eigenvalue weighted by Crippen LogP contribution is 2.26. The third kappa shape index (κ3) is 4.21. The fourth-order valence-electron chi connectivity index (χ4n) is 2.19. The molecule has 2 aromatic rings. The topological polar surface area (TPSA) is 40.5 Å². The summed E-state index contributed by atoms with van der Waals surface area (Å²) >= 11 is 3.44. The average molecular weight is 384 g/mol. The van der Waals surface area contributed by atoms with Gasteiger partial charge in [0, 0.05) is 30.7 Å². The summed E-state index contributed by atoms with van der Waals surface area (Å²) in [7, 11) is 0.307. The number of esters is 1. The van der Waals surface area contributed by atoms with Gasteiger partial charge in [-0.2, -0.15) is 0 Å². The number of hydrogen-bond acceptors (Lipinski definition) is 3. The lowest BCUT2D eigenvalue weighted by Gasteiger charge is -2.15. The molecule has 2 rings (SSSR count). The minimum atomic E-state index is -1.09. The van der Waals surface area contributed by atoms with Crippen LogP contribution in [0.3, 0.4) is 0 Å². The van der Waals surface area contributed by atoms with Crippen LogP contribution in [0.1, 0.15) is 10.4 Å². The molecule has 0 atom stereocenters. The number of nitrogens with zero attached hydrogens (tertiary/aromatic N) is 1. The van der Waals surface area contributed by atoms with Crippen molar-refractivity contribution in [2.24, 2.45) is 0 Å². The van der Waals surface area contributed by atoms with E-state index in [0.29, 0.717) is 12.3 Å². The highest BCUT2D eigenvalue weighted by atomic mass is 79.9. The number of methoxy groups -OCH3 is 1. The largest absolute Gasteiger partial charge is 0.465 e. The summed E-state index contributed by atoms with van der Waals surface area (Å²) in [5, 5.41) is 0.870. The number of ether oxygens (including phenoxy) is 2. The monoisotopic (exact) mass is 383 g/mol. The molecule has 0 aliphatic heterocycles. The van der Waals surface area contributed by atoms with Gasteiger partial charge >= 0.3 is 5.97 Å². The van der Waals surface area contributed by atoms with Gasteiger partial charge in [-0.05, 0) is 24.2 Å². The molecule has 1 heterocycles. The van der Waals surface area contributed by atoms with Crippen molar-refractivity contribution in [2.75, 3.05) is 13.7 Å². The van der Waals surface area contributed by atoms with Crippen molar-refractivity contribution in [3.8, 4) is 0 Å². The second kappa shape index (κ2) is 6.98. The van der Waals surface area contributed by atoms with Crippen LogP contribution in [0.5, 0.6) is 0 Å². The first-order chi connectivity index (χ1) is 10.3. The van der Waals surface area contributed by atoms with Crippen molar-refractivity contribution in [1.29, 1.82) is 0 Å². The van der Waals surface area contributed by atoms with Crippen LogP contribution in [0.25, 0.3) is 10.9 Å². The minimum absolute atomic E-state index is 0.330. The van der Waals surface area contributed by atoms with Crippen molar-refractivity contribution >= 4 is 40.9 Å². The third-order valence-corrected chi connectivity index (χ3v) is 5.67. The number of fused-ring (bicyclic) bond motifs is 1. The van der Waals surface area contributed by atoms with E-state index in [9.17, 15) is 4.79 Å². The van der Waals surface area contributed by atoms with Crippen LogP contribution < -0.4 is 0 Å². The molecule has 0 radical (unpaired) electrons. The van der Waals surface area contributed by atoms with Crippen molar-refractivity contribution < 1.29 is 14.3 Å². The van der Waals surface area contributed by atoms with Crippen LogP contribution in [0.2, 0.25) is 25.7 Å². The van der Waals surface area contributed by atoms with Gasteiger partial charge in [-0.15, -0.1) is 0 Å². The Hall–Kier alpha value is -1.11. The number of aromatic nitrogens is 1. The van der Waals surface area contributed by atoms with E-state index in [0.717, 1.165) is 28.0 Å². The maximum Gasteiger partial charge on any atom is 0.340 e. The van der Waals surface area contributed by atoms with E-state index in [4.69, 9.17) is 9.47 Å². The Kier molecular flexibility index (Phi) is 5.47. The minimum Gasteiger partial charge on any atom is -0.465 e. The smallest absolute Gasteiger partial charge is 0.340 e. The van der Waals surface area contributed by atoms with Gasteiger partial charge in [-0.3, -0.25) is 0 Å². The number of hydrogen-bond donors (Lipinski definition) is 0. The summed E-state index contributed by atoms with van der Waals surface area (Å²) in [6.07, 6.45) is 1.80. The van der Waals surface area contributed by atoms with E-state index in [1.165, 1.54) is 7.11 Å². The Morgan fingerprint density at radius 2 is 2.05 bits per heavy atom. The lowest BCUT2D eigenvalue weighted by atomic mass is 10.2. The fourth-order valence-corrected chi connectivity index (χ4v) is 3.31. The summed E-state index contributed by atoms with van der Waals surface area (Å²) in [6.45, 7) is 8.18. The Morgan fingerprint density at radius 3 is 2.68 bits per heavy atom. The first kappa shape index (κ1) is 17.2. The molecule has 22 heavy (non-hydrogen) atoms. The molecule has 1 aromatic carbocycles. The summed E-state index contributed by atoms with van der Waals surface area (Å²) in [5.41, 5.74) is 1.53. The average Bonchev–Trinajstić information content (AvgIpc) is 2.79. The predicted molar refractivity (Wildman–Crippen MR) is 95.1 cm³/mol. The summed E-state index contributed by atoms with van der Waals surface area (Å²) < 4.78 is 13.5. The summed E-state index contributed by atoms with van der Waals surface area (Å²) in [5.74, 6) is -0.330. The van der Waals surface area contributed by atoms with Gasteiger partial charge in [0.15, 0.2) is 0 Å². The first-order valence-corrected chi connectivity index (χ1v) is 11.8. The summed E-state index contributed by atoms with van der Waals surface area (Å²) in [6, 6.07) is 7.00. The highest BCUT2D eigenvalue weighted by Gasteiger charge is 2.16. The molecule has 0 aliphatic carbocycles. The third-order valence-electron chi connectivity index (χ3n) is 3.48. The first-order valence-electron chi connectivity index (χ1n) is 7.26. The predicted octanol–water partition coefficient (Wildman–Crippen LogP) is 4.50. The molecule has 4 nitrogen and oxygen atoms in total. The van der Waals surface area contributed by atoms with E-state index < -0.39 is 8.07 Å². The molecule has 0 aliphatic rings. The maximum absolute atomic E-state index is 11.9. The molecule has 0 N–H and O–H groups in total. The number of halogens is 1. The number of benzene rings is 1. The molecule has 0 spiro atoms. The molecule has 0 saturated heterocycles. The molecule has 0 saturated carbocycles. The lowest BCUT2D eigenvalue weighted by molar-refractivity contribution is 0.0601. The van der Waals surface area contributed by atoms with Gasteiger partial charge in [0.2, 0.25) is 0 Å². The normalized spacial score (nSPS) is 11.9. The second-order valence-corrected chi connectivity index (χ2v) is 13.1. The van der Waals surface area contributed by atoms with Gasteiger partial charge in [-0.25, -0.2) is 4.79 Å². The SMILES string of the molecule is COC(=O)c1cn(COCC[Si](C)(C)C)c2ccc(Br)cc12. The Balaban J connectivity index is 2.21. The molecule has 6 heteroatoms. The Labute approximate surface area is 140 Å². The molecule has 120 valence electrons. The Morgan fingerprint density at radius 1 is 1.32 bits per heavy atom. The quantitative estimate of drug-likeness (QED) is 0.418. The molecule has 0 unspecified atom stereocenters. The van der Waals surface area contributed by atoms with E-state index in [2.05, 4.69) is 35.6 Å². The maximum atomic E-state index is 11.9. The molecular weight excluding hydrogens is 362 g/mol. The standard InChI is InChI=1S/C16H22BrNO3Si/c1-20-16(19)14-10-18(11-21-7-8-22(2,3)4)15-6-5-12(17)9-13(14)15/h5-6,9-10H,7-8,11H2,1-4H3. The van der Waals surface area contributed by atoms with Crippen molar-refractivity contribution in [2.45, 2.75) is 32.4 Å². The fraction of sp³-hybridized carbons (Fsp3) is 0.438. The van der Waals surface area contributed by atoms with E-state index in [-0.39, 0.29) is 5.97 Å². The number of carbonyl (C=O) groups excluding carboxylic acids is 1. The van der Waals surface area contributed by atoms with Crippen LogP contribution in [-0.4, -0.2) is 32.3 Å². The van der Waals surface area contributed by atoms with Gasteiger partial charge in [0.25, 0.3) is 0 Å². The molecule has 0 amide bonds. The number of carbonyl (C=O) groups is 1. The van der Waals surface area contributed by atoms with Gasteiger partial charge in [0.1, 0.15) is 6.73 Å². The summed E-state index contributed by atoms with van der Waals surface area (Å²) in [4.78, 5) is 11.9. The van der Waals surface area contributed by atoms with Crippen LogP contribution >= 0.6 is 15.9 Å². The lowest BCUT2D eigenvalue weighted by Crippen LogP contribution is -2.21. The van der Waals surface area contributed by atoms with Crippen molar-refractivity contribution in [3.05, 3.63) is 34.4 Å². The zero-order valence-corrected chi connectivity index (χ0v) is 16.1. The van der Waals surface area contributed by atoms with Gasteiger partial charge in [-0.1, -0.05) is 35.6 Å². The Bertz CT molecular complexity index is 676. The van der Waals surface area contributed by atoms with Crippen LogP contribution in [0, 0.1) is 0 Å². The van der Waals surface area contributed by atoms with Crippen molar-refractivity contribution in [3.63, 3.8) is 0 Å². The molecule has 0 fully saturated rings.